The van der Waals surface area contributed by atoms with Gasteiger partial charge in [0.05, 0.1) is 35.7 Å². The van der Waals surface area contributed by atoms with Crippen LogP contribution < -0.4 is 10.6 Å². The molecule has 2 unspecified atom stereocenters. The highest BCUT2D eigenvalue weighted by Crippen LogP contribution is 2.28. The first-order chi connectivity index (χ1) is 11.5. The highest BCUT2D eigenvalue weighted by Gasteiger charge is 2.26. The fourth-order valence-corrected chi connectivity index (χ4v) is 3.12. The number of terminal acetylenes is 1. The van der Waals surface area contributed by atoms with Gasteiger partial charge in [-0.15, -0.1) is 6.42 Å². The Morgan fingerprint density at radius 3 is 2.92 bits per heavy atom. The summed E-state index contributed by atoms with van der Waals surface area (Å²) in [5, 5.41) is 12.0. The second kappa shape index (κ2) is 6.68. The second-order valence-electron chi connectivity index (χ2n) is 5.85. The van der Waals surface area contributed by atoms with Gasteiger partial charge in [-0.05, 0) is 19.9 Å². The molecule has 24 heavy (non-hydrogen) atoms. The van der Waals surface area contributed by atoms with E-state index in [0.717, 1.165) is 28.4 Å². The van der Waals surface area contributed by atoms with Gasteiger partial charge in [0.1, 0.15) is 5.82 Å². The average Bonchev–Trinajstić information content (AvgIpc) is 2.73. The van der Waals surface area contributed by atoms with E-state index in [4.69, 9.17) is 23.0 Å². The first-order valence-electron chi connectivity index (χ1n) is 7.83. The van der Waals surface area contributed by atoms with E-state index in [1.807, 2.05) is 49.8 Å². The molecule has 6 heteroatoms. The molecular weight excluding hydrogens is 322 g/mol. The van der Waals surface area contributed by atoms with Gasteiger partial charge in [-0.2, -0.15) is 5.10 Å². The number of benzene rings is 1. The minimum absolute atomic E-state index is 0.0580. The maximum atomic E-state index is 6.41. The lowest BCUT2D eigenvalue weighted by Crippen LogP contribution is -2.43. The van der Waals surface area contributed by atoms with Gasteiger partial charge < -0.3 is 5.32 Å². The molecule has 2 heterocycles. The van der Waals surface area contributed by atoms with Gasteiger partial charge >= 0.3 is 0 Å². The normalized spacial score (nSPS) is 18.0. The lowest BCUT2D eigenvalue weighted by molar-refractivity contribution is 0.539. The Balaban J connectivity index is 2.10. The Bertz CT molecular complexity index is 830. The number of hydrogen-bond acceptors (Lipinski definition) is 4. The van der Waals surface area contributed by atoms with Gasteiger partial charge in [0, 0.05) is 17.6 Å². The molecule has 124 valence electrons. The zero-order valence-electron chi connectivity index (χ0n) is 14.0. The molecule has 0 saturated carbocycles. The van der Waals surface area contributed by atoms with Crippen LogP contribution in [0.1, 0.15) is 23.7 Å². The number of aliphatic imine (C=N–C) groups is 1. The molecule has 0 bridgehead atoms. The minimum Gasteiger partial charge on any atom is -0.353 e. The van der Waals surface area contributed by atoms with Crippen LogP contribution in [0.4, 0.5) is 5.82 Å². The van der Waals surface area contributed by atoms with Gasteiger partial charge in [-0.1, -0.05) is 35.7 Å². The van der Waals surface area contributed by atoms with Crippen molar-refractivity contribution in [2.45, 2.75) is 26.1 Å². The first kappa shape index (κ1) is 16.6. The van der Waals surface area contributed by atoms with Crippen molar-refractivity contribution >= 4 is 23.1 Å². The Morgan fingerprint density at radius 2 is 2.21 bits per heavy atom. The summed E-state index contributed by atoms with van der Waals surface area (Å²) in [6.45, 7) is 4.46. The van der Waals surface area contributed by atoms with Crippen molar-refractivity contribution in [2.75, 3.05) is 11.9 Å². The van der Waals surface area contributed by atoms with Gasteiger partial charge in [0.25, 0.3) is 0 Å². The van der Waals surface area contributed by atoms with Crippen molar-refractivity contribution in [3.05, 3.63) is 46.1 Å². The summed E-state index contributed by atoms with van der Waals surface area (Å²) < 4.78 is 1.83. The van der Waals surface area contributed by atoms with E-state index in [-0.39, 0.29) is 12.2 Å². The van der Waals surface area contributed by atoms with Crippen LogP contribution in [0.25, 0.3) is 0 Å². The van der Waals surface area contributed by atoms with Gasteiger partial charge in [-0.3, -0.25) is 15.0 Å². The monoisotopic (exact) mass is 341 g/mol. The molecule has 0 fully saturated rings. The summed E-state index contributed by atoms with van der Waals surface area (Å²) in [4.78, 5) is 4.82. The van der Waals surface area contributed by atoms with Crippen LogP contribution >= 0.6 is 11.6 Å². The van der Waals surface area contributed by atoms with Gasteiger partial charge in [-0.25, -0.2) is 0 Å². The molecule has 2 N–H and O–H groups in total. The molecule has 0 amide bonds. The van der Waals surface area contributed by atoms with Crippen molar-refractivity contribution in [2.24, 2.45) is 12.0 Å². The number of aryl methyl sites for hydroxylation is 2. The third-order valence-corrected chi connectivity index (χ3v) is 4.36. The average molecular weight is 342 g/mol. The van der Waals surface area contributed by atoms with E-state index in [9.17, 15) is 0 Å². The minimum atomic E-state index is -0.0791. The lowest BCUT2D eigenvalue weighted by atomic mass is 10.0. The van der Waals surface area contributed by atoms with Crippen molar-refractivity contribution in [3.8, 4) is 12.3 Å². The zero-order valence-corrected chi connectivity index (χ0v) is 14.7. The predicted octanol–water partition coefficient (Wildman–Crippen LogP) is 2.58. The highest BCUT2D eigenvalue weighted by molar-refractivity contribution is 6.36. The summed E-state index contributed by atoms with van der Waals surface area (Å²) in [5.74, 6) is 3.59. The van der Waals surface area contributed by atoms with Crippen LogP contribution in [0, 0.1) is 19.3 Å². The largest absolute Gasteiger partial charge is 0.353 e. The van der Waals surface area contributed by atoms with Crippen LogP contribution in [0.5, 0.6) is 0 Å². The molecule has 5 nitrogen and oxygen atoms in total. The van der Waals surface area contributed by atoms with Crippen LogP contribution in [0.2, 0.25) is 5.02 Å². The number of halogens is 1. The Morgan fingerprint density at radius 1 is 1.46 bits per heavy atom. The molecule has 0 aliphatic carbocycles. The first-order valence-corrected chi connectivity index (χ1v) is 8.21. The summed E-state index contributed by atoms with van der Waals surface area (Å²) in [6.07, 6.45) is 5.40. The molecule has 1 aromatic heterocycles. The van der Waals surface area contributed by atoms with Gasteiger partial charge in [0.2, 0.25) is 0 Å². The van der Waals surface area contributed by atoms with Crippen molar-refractivity contribution < 1.29 is 0 Å². The molecule has 2 aromatic rings. The number of anilines is 1. The smallest absolute Gasteiger partial charge is 0.135 e. The quantitative estimate of drug-likeness (QED) is 0.844. The number of aromatic nitrogens is 2. The van der Waals surface area contributed by atoms with Crippen molar-refractivity contribution in [1.82, 2.24) is 15.1 Å². The Labute approximate surface area is 147 Å². The zero-order chi connectivity index (χ0) is 17.3. The third kappa shape index (κ3) is 3.03. The molecule has 1 aromatic carbocycles. The maximum Gasteiger partial charge on any atom is 0.135 e. The molecule has 1 aliphatic heterocycles. The van der Waals surface area contributed by atoms with Gasteiger partial charge in [0.15, 0.2) is 0 Å². The Hall–Kier alpha value is -2.29. The summed E-state index contributed by atoms with van der Waals surface area (Å²) in [7, 11) is 1.91. The number of fused-ring (bicyclic) bond motifs is 1. The third-order valence-electron chi connectivity index (χ3n) is 4.03. The summed E-state index contributed by atoms with van der Waals surface area (Å²) >= 11 is 6.41. The Kier molecular flexibility index (Phi) is 4.61. The van der Waals surface area contributed by atoms with E-state index in [1.54, 1.807) is 0 Å². The maximum absolute atomic E-state index is 6.41. The number of nitrogens with one attached hydrogen (secondary N) is 2. The molecule has 3 rings (SSSR count). The number of rotatable bonds is 3. The summed E-state index contributed by atoms with van der Waals surface area (Å²) in [6, 6.07) is 7.67. The molecule has 0 saturated heterocycles. The SMILES string of the molecule is C#CC(C)NC1CN=C(c2ccccc2Cl)c2c(C)nn(C)c2N1. The molecule has 0 radical (unpaired) electrons. The van der Waals surface area contributed by atoms with E-state index < -0.39 is 0 Å². The van der Waals surface area contributed by atoms with Crippen molar-refractivity contribution in [1.29, 1.82) is 0 Å². The topological polar surface area (TPSA) is 54.2 Å². The second-order valence-corrected chi connectivity index (χ2v) is 6.26. The van der Waals surface area contributed by atoms with E-state index in [1.165, 1.54) is 0 Å². The summed E-state index contributed by atoms with van der Waals surface area (Å²) in [5.41, 5.74) is 3.64. The number of hydrogen-bond donors (Lipinski definition) is 2. The lowest BCUT2D eigenvalue weighted by Gasteiger charge is -2.20. The van der Waals surface area contributed by atoms with E-state index >= 15 is 0 Å². The van der Waals surface area contributed by atoms with Crippen LogP contribution in [0.3, 0.4) is 0 Å². The van der Waals surface area contributed by atoms with E-state index in [0.29, 0.717) is 11.6 Å². The standard InChI is InChI=1S/C18H20ClN5/c1-5-11(2)21-15-10-20-17(13-8-6-7-9-14(13)19)16-12(3)23-24(4)18(16)22-15/h1,6-9,11,15,21-22H,10H2,2-4H3. The van der Waals surface area contributed by atoms with Crippen LogP contribution in [0.15, 0.2) is 29.3 Å². The fourth-order valence-electron chi connectivity index (χ4n) is 2.90. The van der Waals surface area contributed by atoms with Crippen LogP contribution in [-0.4, -0.2) is 34.2 Å². The number of nitrogens with zero attached hydrogens (tertiary/aromatic N) is 3. The van der Waals surface area contributed by atoms with Crippen molar-refractivity contribution in [3.63, 3.8) is 0 Å². The van der Waals surface area contributed by atoms with Crippen LogP contribution in [-0.2, 0) is 7.05 Å². The van der Waals surface area contributed by atoms with E-state index in [2.05, 4.69) is 21.7 Å². The molecule has 2 atom stereocenters. The highest BCUT2D eigenvalue weighted by atomic mass is 35.5. The molecule has 1 aliphatic rings. The molecular formula is C18H20ClN5. The molecule has 0 spiro atoms. The fraction of sp³-hybridized carbons (Fsp3) is 0.333. The predicted molar refractivity (Wildman–Crippen MR) is 98.7 cm³/mol.